The smallest absolute Gasteiger partial charge is 0.279 e. The van der Waals surface area contributed by atoms with E-state index >= 15 is 0 Å². The summed E-state index contributed by atoms with van der Waals surface area (Å²) in [6.07, 6.45) is 3.32. The molecule has 0 radical (unpaired) electrons. The van der Waals surface area contributed by atoms with E-state index in [2.05, 4.69) is 10.2 Å². The van der Waals surface area contributed by atoms with Crippen LogP contribution < -0.4 is 5.56 Å². The van der Waals surface area contributed by atoms with Gasteiger partial charge in [-0.3, -0.25) is 23.9 Å². The van der Waals surface area contributed by atoms with Gasteiger partial charge in [-0.25, -0.2) is 0 Å². The highest BCUT2D eigenvalue weighted by Gasteiger charge is 2.16. The molecule has 0 saturated carbocycles. The molecular formula is C19H14ClN5O3S. The second-order valence-electron chi connectivity index (χ2n) is 6.21. The van der Waals surface area contributed by atoms with Crippen LogP contribution in [0.2, 0.25) is 5.02 Å². The molecule has 0 aliphatic heterocycles. The number of nitro benzene ring substituents is 1. The van der Waals surface area contributed by atoms with E-state index in [4.69, 9.17) is 11.6 Å². The zero-order chi connectivity index (χ0) is 20.5. The Kier molecular flexibility index (Phi) is 5.08. The van der Waals surface area contributed by atoms with Crippen molar-refractivity contribution >= 4 is 34.7 Å². The van der Waals surface area contributed by atoms with E-state index in [1.165, 1.54) is 22.4 Å². The highest BCUT2D eigenvalue weighted by atomic mass is 35.5. The molecule has 4 aromatic rings. The molecule has 0 unspecified atom stereocenters. The number of fused-ring (bicyclic) bond motifs is 1. The van der Waals surface area contributed by atoms with E-state index in [9.17, 15) is 14.9 Å². The summed E-state index contributed by atoms with van der Waals surface area (Å²) in [5, 5.41) is 20.3. The fourth-order valence-electron chi connectivity index (χ4n) is 2.96. The quantitative estimate of drug-likeness (QED) is 0.271. The summed E-state index contributed by atoms with van der Waals surface area (Å²) in [5.74, 6) is 0.328. The molecule has 0 amide bonds. The Morgan fingerprint density at radius 2 is 1.93 bits per heavy atom. The van der Waals surface area contributed by atoms with Crippen LogP contribution in [0.15, 0.2) is 64.8 Å². The zero-order valence-electron chi connectivity index (χ0n) is 15.2. The van der Waals surface area contributed by atoms with Crippen LogP contribution in [0, 0.1) is 17.0 Å². The van der Waals surface area contributed by atoms with Crippen molar-refractivity contribution in [1.82, 2.24) is 19.2 Å². The minimum atomic E-state index is -0.413. The van der Waals surface area contributed by atoms with E-state index in [0.717, 1.165) is 5.56 Å². The number of aromatic nitrogens is 4. The normalized spacial score (nSPS) is 11.1. The summed E-state index contributed by atoms with van der Waals surface area (Å²) in [7, 11) is 0. The van der Waals surface area contributed by atoms with E-state index in [1.807, 2.05) is 6.92 Å². The van der Waals surface area contributed by atoms with Gasteiger partial charge in [0.2, 0.25) is 5.65 Å². The second-order valence-corrected chi connectivity index (χ2v) is 7.56. The van der Waals surface area contributed by atoms with Crippen molar-refractivity contribution in [3.8, 4) is 5.69 Å². The minimum Gasteiger partial charge on any atom is -0.279 e. The molecule has 29 heavy (non-hydrogen) atoms. The van der Waals surface area contributed by atoms with Crippen molar-refractivity contribution in [2.75, 3.05) is 0 Å². The number of benzene rings is 2. The molecular weight excluding hydrogens is 414 g/mol. The third-order valence-electron chi connectivity index (χ3n) is 4.48. The largest absolute Gasteiger partial charge is 0.300 e. The molecule has 146 valence electrons. The molecule has 10 heteroatoms. The monoisotopic (exact) mass is 427 g/mol. The number of thioether (sulfide) groups is 1. The van der Waals surface area contributed by atoms with Crippen molar-refractivity contribution in [1.29, 1.82) is 0 Å². The third-order valence-corrected chi connectivity index (χ3v) is 5.88. The lowest BCUT2D eigenvalue weighted by atomic mass is 10.2. The van der Waals surface area contributed by atoms with E-state index in [-0.39, 0.29) is 16.9 Å². The first kappa shape index (κ1) is 19.2. The average Bonchev–Trinajstić information content (AvgIpc) is 3.13. The van der Waals surface area contributed by atoms with Crippen molar-refractivity contribution < 1.29 is 4.92 Å². The van der Waals surface area contributed by atoms with Crippen LogP contribution in [0.5, 0.6) is 0 Å². The number of rotatable bonds is 5. The minimum absolute atomic E-state index is 0.0487. The highest BCUT2D eigenvalue weighted by molar-refractivity contribution is 7.98. The summed E-state index contributed by atoms with van der Waals surface area (Å²) >= 11 is 7.45. The molecule has 0 N–H and O–H groups in total. The number of hydrogen-bond donors (Lipinski definition) is 0. The number of halogens is 1. The number of nitrogens with zero attached hydrogens (tertiary/aromatic N) is 5. The summed E-state index contributed by atoms with van der Waals surface area (Å²) in [6.45, 7) is 1.84. The van der Waals surface area contributed by atoms with Crippen LogP contribution in [0.25, 0.3) is 11.3 Å². The molecule has 0 aliphatic rings. The Hall–Kier alpha value is -3.17. The predicted octanol–water partition coefficient (Wildman–Crippen LogP) is 4.04. The van der Waals surface area contributed by atoms with Crippen LogP contribution in [-0.4, -0.2) is 24.1 Å². The standard InChI is InChI=1S/C19H14ClN5O3S/c1-12-14(20)6-4-8-15(12)23-9-10-24-17(18(23)26)21-22-19(24)29-11-13-5-2-3-7-16(13)25(27)28/h2-10H,11H2,1H3. The summed E-state index contributed by atoms with van der Waals surface area (Å²) in [5.41, 5.74) is 1.91. The van der Waals surface area contributed by atoms with Gasteiger partial charge in [0, 0.05) is 34.8 Å². The maximum absolute atomic E-state index is 12.9. The van der Waals surface area contributed by atoms with Gasteiger partial charge in [0.05, 0.1) is 10.6 Å². The van der Waals surface area contributed by atoms with Gasteiger partial charge in [0.25, 0.3) is 5.69 Å². The average molecular weight is 428 g/mol. The fraction of sp³-hybridized carbons (Fsp3) is 0.105. The molecule has 2 heterocycles. The van der Waals surface area contributed by atoms with E-state index in [1.54, 1.807) is 53.2 Å². The van der Waals surface area contributed by atoms with Crippen molar-refractivity contribution in [2.45, 2.75) is 17.8 Å². The lowest BCUT2D eigenvalue weighted by Crippen LogP contribution is -2.21. The number of hydrogen-bond acceptors (Lipinski definition) is 6. The van der Waals surface area contributed by atoms with Gasteiger partial charge in [-0.2, -0.15) is 0 Å². The summed E-state index contributed by atoms with van der Waals surface area (Å²) in [4.78, 5) is 23.7. The Morgan fingerprint density at radius 1 is 1.14 bits per heavy atom. The lowest BCUT2D eigenvalue weighted by Gasteiger charge is -2.10. The molecule has 2 aromatic heterocycles. The maximum Gasteiger partial charge on any atom is 0.300 e. The Morgan fingerprint density at radius 3 is 2.72 bits per heavy atom. The van der Waals surface area contributed by atoms with Gasteiger partial charge in [0.15, 0.2) is 5.16 Å². The molecule has 0 aliphatic carbocycles. The SMILES string of the molecule is Cc1c(Cl)cccc1-n1ccn2c(SCc3ccccc3[N+](=O)[O-])nnc2c1=O. The van der Waals surface area contributed by atoms with Gasteiger partial charge in [0.1, 0.15) is 0 Å². The van der Waals surface area contributed by atoms with E-state index < -0.39 is 4.92 Å². The molecule has 0 atom stereocenters. The van der Waals surface area contributed by atoms with E-state index in [0.29, 0.717) is 27.2 Å². The molecule has 0 spiro atoms. The molecule has 2 aromatic carbocycles. The summed E-state index contributed by atoms with van der Waals surface area (Å²) < 4.78 is 3.06. The van der Waals surface area contributed by atoms with Crippen LogP contribution >= 0.6 is 23.4 Å². The Labute approximate surface area is 173 Å². The first-order valence-electron chi connectivity index (χ1n) is 8.54. The van der Waals surface area contributed by atoms with Gasteiger partial charge in [-0.15, -0.1) is 10.2 Å². The Balaban J connectivity index is 1.69. The number of para-hydroxylation sites is 1. The van der Waals surface area contributed by atoms with Gasteiger partial charge in [-0.05, 0) is 24.6 Å². The van der Waals surface area contributed by atoms with Gasteiger partial charge in [-0.1, -0.05) is 47.6 Å². The van der Waals surface area contributed by atoms with Crippen molar-refractivity contribution in [3.63, 3.8) is 0 Å². The molecule has 0 saturated heterocycles. The lowest BCUT2D eigenvalue weighted by molar-refractivity contribution is -0.385. The van der Waals surface area contributed by atoms with Crippen molar-refractivity contribution in [2.24, 2.45) is 0 Å². The topological polar surface area (TPSA) is 95.3 Å². The molecule has 8 nitrogen and oxygen atoms in total. The first-order chi connectivity index (χ1) is 14.0. The van der Waals surface area contributed by atoms with Crippen LogP contribution in [0.3, 0.4) is 0 Å². The fourth-order valence-corrected chi connectivity index (χ4v) is 4.05. The second kappa shape index (κ2) is 7.69. The van der Waals surface area contributed by atoms with Crippen LogP contribution in [0.4, 0.5) is 5.69 Å². The van der Waals surface area contributed by atoms with Gasteiger partial charge < -0.3 is 0 Å². The predicted molar refractivity (Wildman–Crippen MR) is 111 cm³/mol. The third kappa shape index (κ3) is 3.50. The molecule has 4 rings (SSSR count). The maximum atomic E-state index is 12.9. The Bertz CT molecular complexity index is 1300. The summed E-state index contributed by atoms with van der Waals surface area (Å²) in [6, 6.07) is 11.9. The molecule has 0 bridgehead atoms. The van der Waals surface area contributed by atoms with Crippen LogP contribution in [0.1, 0.15) is 11.1 Å². The van der Waals surface area contributed by atoms with Gasteiger partial charge >= 0.3 is 5.56 Å². The van der Waals surface area contributed by atoms with Crippen molar-refractivity contribution in [3.05, 3.63) is 91.5 Å². The highest BCUT2D eigenvalue weighted by Crippen LogP contribution is 2.27. The zero-order valence-corrected chi connectivity index (χ0v) is 16.7. The number of nitro groups is 1. The first-order valence-corrected chi connectivity index (χ1v) is 9.90. The van der Waals surface area contributed by atoms with Crippen LogP contribution in [-0.2, 0) is 5.75 Å². The molecule has 0 fully saturated rings.